The second-order valence-corrected chi connectivity index (χ2v) is 4.92. The van der Waals surface area contributed by atoms with Crippen molar-refractivity contribution >= 4 is 21.8 Å². The summed E-state index contributed by atoms with van der Waals surface area (Å²) in [4.78, 5) is 15.5. The number of hydrogen-bond acceptors (Lipinski definition) is 3. The molecule has 0 aromatic carbocycles. The Morgan fingerprint density at radius 2 is 2.31 bits per heavy atom. The molecule has 0 fully saturated rings. The number of alkyl halides is 1. The lowest BCUT2D eigenvalue weighted by atomic mass is 10.1. The zero-order chi connectivity index (χ0) is 12.1. The van der Waals surface area contributed by atoms with Gasteiger partial charge in [-0.2, -0.15) is 0 Å². The molecule has 5 heteroatoms. The number of amides is 1. The van der Waals surface area contributed by atoms with E-state index in [9.17, 15) is 4.79 Å². The highest BCUT2D eigenvalue weighted by atomic mass is 79.9. The van der Waals surface area contributed by atoms with Gasteiger partial charge in [0.25, 0.3) is 0 Å². The van der Waals surface area contributed by atoms with E-state index in [1.807, 2.05) is 20.8 Å². The summed E-state index contributed by atoms with van der Waals surface area (Å²) in [5, 5.41) is 2.78. The smallest absolute Gasteiger partial charge is 0.234 e. The first-order valence-electron chi connectivity index (χ1n) is 5.40. The summed E-state index contributed by atoms with van der Waals surface area (Å²) in [6, 6.07) is 0. The SMILES string of the molecule is CCc1cnc(CNC(=O)C(Br)C(C)C)o1. The lowest BCUT2D eigenvalue weighted by Crippen LogP contribution is -2.33. The zero-order valence-corrected chi connectivity index (χ0v) is 11.4. The molecule has 1 amide bonds. The van der Waals surface area contributed by atoms with Crippen LogP contribution in [0.4, 0.5) is 0 Å². The highest BCUT2D eigenvalue weighted by Crippen LogP contribution is 2.12. The average Bonchev–Trinajstić information content (AvgIpc) is 2.72. The van der Waals surface area contributed by atoms with Crippen LogP contribution in [0.25, 0.3) is 0 Å². The van der Waals surface area contributed by atoms with Gasteiger partial charge in [-0.3, -0.25) is 4.79 Å². The molecule has 0 radical (unpaired) electrons. The van der Waals surface area contributed by atoms with Crippen LogP contribution in [0.2, 0.25) is 0 Å². The van der Waals surface area contributed by atoms with E-state index in [4.69, 9.17) is 4.42 Å². The monoisotopic (exact) mass is 288 g/mol. The lowest BCUT2D eigenvalue weighted by Gasteiger charge is -2.12. The van der Waals surface area contributed by atoms with E-state index in [1.54, 1.807) is 6.20 Å². The number of aromatic nitrogens is 1. The fourth-order valence-electron chi connectivity index (χ4n) is 1.16. The molecule has 0 spiro atoms. The van der Waals surface area contributed by atoms with Crippen LogP contribution in [-0.4, -0.2) is 15.7 Å². The first kappa shape index (κ1) is 13.2. The molecule has 1 heterocycles. The summed E-state index contributed by atoms with van der Waals surface area (Å²) in [5.74, 6) is 1.61. The summed E-state index contributed by atoms with van der Waals surface area (Å²) in [6.45, 7) is 6.31. The fourth-order valence-corrected chi connectivity index (χ4v) is 1.32. The van der Waals surface area contributed by atoms with Gasteiger partial charge in [0.1, 0.15) is 5.76 Å². The molecule has 1 rings (SSSR count). The predicted octanol–water partition coefficient (Wildman–Crippen LogP) is 2.27. The van der Waals surface area contributed by atoms with Crippen molar-refractivity contribution in [2.45, 2.75) is 38.6 Å². The Bertz CT molecular complexity index is 350. The molecule has 1 N–H and O–H groups in total. The van der Waals surface area contributed by atoms with Gasteiger partial charge in [0.2, 0.25) is 11.8 Å². The Morgan fingerprint density at radius 3 is 2.81 bits per heavy atom. The van der Waals surface area contributed by atoms with Gasteiger partial charge in [-0.1, -0.05) is 36.7 Å². The van der Waals surface area contributed by atoms with Gasteiger partial charge in [-0.05, 0) is 5.92 Å². The Morgan fingerprint density at radius 1 is 1.62 bits per heavy atom. The third-order valence-corrected chi connectivity index (χ3v) is 3.67. The molecule has 0 aliphatic carbocycles. The van der Waals surface area contributed by atoms with Crippen LogP contribution in [0.5, 0.6) is 0 Å². The van der Waals surface area contributed by atoms with Gasteiger partial charge in [0.15, 0.2) is 0 Å². The van der Waals surface area contributed by atoms with E-state index in [2.05, 4.69) is 26.2 Å². The van der Waals surface area contributed by atoms with Crippen LogP contribution < -0.4 is 5.32 Å². The molecule has 0 bridgehead atoms. The zero-order valence-electron chi connectivity index (χ0n) is 9.79. The molecule has 0 aliphatic heterocycles. The molecular formula is C11H17BrN2O2. The minimum Gasteiger partial charge on any atom is -0.444 e. The van der Waals surface area contributed by atoms with Crippen LogP contribution in [0.3, 0.4) is 0 Å². The van der Waals surface area contributed by atoms with Crippen molar-refractivity contribution in [1.29, 1.82) is 0 Å². The van der Waals surface area contributed by atoms with Gasteiger partial charge >= 0.3 is 0 Å². The van der Waals surface area contributed by atoms with Crippen LogP contribution >= 0.6 is 15.9 Å². The molecule has 90 valence electrons. The van der Waals surface area contributed by atoms with E-state index in [1.165, 1.54) is 0 Å². The van der Waals surface area contributed by atoms with Crippen molar-refractivity contribution in [2.24, 2.45) is 5.92 Å². The minimum atomic E-state index is -0.173. The third-order valence-electron chi connectivity index (χ3n) is 2.20. The number of carbonyl (C=O) groups is 1. The number of oxazole rings is 1. The van der Waals surface area contributed by atoms with Gasteiger partial charge in [-0.25, -0.2) is 4.98 Å². The van der Waals surface area contributed by atoms with Crippen LogP contribution in [0, 0.1) is 5.92 Å². The summed E-state index contributed by atoms with van der Waals surface area (Å²) in [7, 11) is 0. The summed E-state index contributed by atoms with van der Waals surface area (Å²) in [5.41, 5.74) is 0. The summed E-state index contributed by atoms with van der Waals surface area (Å²) in [6.07, 6.45) is 2.50. The van der Waals surface area contributed by atoms with Crippen molar-refractivity contribution in [1.82, 2.24) is 10.3 Å². The Hall–Kier alpha value is -0.840. The Balaban J connectivity index is 2.42. The van der Waals surface area contributed by atoms with E-state index >= 15 is 0 Å². The number of halogens is 1. The first-order valence-corrected chi connectivity index (χ1v) is 6.31. The standard InChI is InChI=1S/C11H17BrN2O2/c1-4-8-5-13-9(16-8)6-14-11(15)10(12)7(2)3/h5,7,10H,4,6H2,1-3H3,(H,14,15). The highest BCUT2D eigenvalue weighted by Gasteiger charge is 2.18. The number of rotatable bonds is 5. The van der Waals surface area contributed by atoms with Crippen molar-refractivity contribution in [3.05, 3.63) is 17.8 Å². The molecule has 1 aromatic rings. The van der Waals surface area contributed by atoms with Gasteiger partial charge < -0.3 is 9.73 Å². The average molecular weight is 289 g/mol. The first-order chi connectivity index (χ1) is 7.54. The van der Waals surface area contributed by atoms with Gasteiger partial charge in [0.05, 0.1) is 17.6 Å². The largest absolute Gasteiger partial charge is 0.444 e. The number of nitrogens with zero attached hydrogens (tertiary/aromatic N) is 1. The minimum absolute atomic E-state index is 0.0359. The fraction of sp³-hybridized carbons (Fsp3) is 0.636. The second kappa shape index (κ2) is 6.03. The van der Waals surface area contributed by atoms with Gasteiger partial charge in [-0.15, -0.1) is 0 Å². The van der Waals surface area contributed by atoms with Crippen LogP contribution in [0.15, 0.2) is 10.6 Å². The topological polar surface area (TPSA) is 55.1 Å². The molecule has 1 aromatic heterocycles. The number of aryl methyl sites for hydroxylation is 1. The van der Waals surface area contributed by atoms with E-state index in [0.29, 0.717) is 12.4 Å². The molecule has 1 unspecified atom stereocenters. The summed E-state index contributed by atoms with van der Waals surface area (Å²) < 4.78 is 5.38. The lowest BCUT2D eigenvalue weighted by molar-refractivity contribution is -0.121. The number of carbonyl (C=O) groups excluding carboxylic acids is 1. The summed E-state index contributed by atoms with van der Waals surface area (Å²) >= 11 is 3.34. The molecular weight excluding hydrogens is 272 g/mol. The van der Waals surface area contributed by atoms with Gasteiger partial charge in [0, 0.05) is 6.42 Å². The third kappa shape index (κ3) is 3.63. The second-order valence-electron chi connectivity index (χ2n) is 3.94. The van der Waals surface area contributed by atoms with Crippen LogP contribution in [-0.2, 0) is 17.8 Å². The van der Waals surface area contributed by atoms with E-state index < -0.39 is 0 Å². The van der Waals surface area contributed by atoms with E-state index in [-0.39, 0.29) is 16.7 Å². The molecule has 0 aliphatic rings. The maximum Gasteiger partial charge on any atom is 0.234 e. The number of nitrogens with one attached hydrogen (secondary N) is 1. The molecule has 4 nitrogen and oxygen atoms in total. The maximum absolute atomic E-state index is 11.6. The normalized spacial score (nSPS) is 12.8. The Labute approximate surface area is 104 Å². The molecule has 16 heavy (non-hydrogen) atoms. The van der Waals surface area contributed by atoms with Crippen molar-refractivity contribution in [2.75, 3.05) is 0 Å². The molecule has 0 saturated carbocycles. The Kier molecular flexibility index (Phi) is 4.99. The predicted molar refractivity (Wildman–Crippen MR) is 65.3 cm³/mol. The van der Waals surface area contributed by atoms with Crippen LogP contribution in [0.1, 0.15) is 32.4 Å². The molecule has 0 saturated heterocycles. The molecule has 1 atom stereocenters. The van der Waals surface area contributed by atoms with E-state index in [0.717, 1.165) is 12.2 Å². The van der Waals surface area contributed by atoms with Crippen molar-refractivity contribution in [3.63, 3.8) is 0 Å². The van der Waals surface area contributed by atoms with Crippen molar-refractivity contribution < 1.29 is 9.21 Å². The number of hydrogen-bond donors (Lipinski definition) is 1. The van der Waals surface area contributed by atoms with Crippen molar-refractivity contribution in [3.8, 4) is 0 Å². The maximum atomic E-state index is 11.6. The highest BCUT2D eigenvalue weighted by molar-refractivity contribution is 9.10. The quantitative estimate of drug-likeness (QED) is 0.846.